The van der Waals surface area contributed by atoms with Gasteiger partial charge in [-0.15, -0.1) is 0 Å². The average Bonchev–Trinajstić information content (AvgIpc) is 2.38. The summed E-state index contributed by atoms with van der Waals surface area (Å²) in [5, 5.41) is 0. The molecule has 0 aromatic carbocycles. The number of nitrogens with two attached hydrogens (primary N) is 1. The molecule has 1 rings (SSSR count). The van der Waals surface area contributed by atoms with Crippen LogP contribution in [0.2, 0.25) is 0 Å². The molecule has 0 bridgehead atoms. The quantitative estimate of drug-likeness (QED) is 0.630. The van der Waals surface area contributed by atoms with Crippen molar-refractivity contribution in [2.24, 2.45) is 11.7 Å². The second-order valence-corrected chi connectivity index (χ2v) is 4.07. The minimum Gasteiger partial charge on any atom is -0.323 e. The average molecular weight is 145 g/mol. The summed E-state index contributed by atoms with van der Waals surface area (Å²) in [6.07, 6.45) is 2.02. The Morgan fingerprint density at radius 3 is 1.80 bits per heavy atom. The molecule has 0 radical (unpaired) electrons. The van der Waals surface area contributed by atoms with Crippen molar-refractivity contribution in [2.75, 3.05) is 0 Å². The Morgan fingerprint density at radius 1 is 1.30 bits per heavy atom. The third-order valence-electron chi connectivity index (χ3n) is 2.60. The van der Waals surface area contributed by atoms with Gasteiger partial charge >= 0.3 is 0 Å². The van der Waals surface area contributed by atoms with Crippen LogP contribution in [0.1, 0.15) is 33.6 Å². The predicted molar refractivity (Wildman–Crippen MR) is 40.5 cm³/mol. The Kier molecular flexibility index (Phi) is 1.55. The lowest BCUT2D eigenvalue weighted by Crippen LogP contribution is -2.52. The summed E-state index contributed by atoms with van der Waals surface area (Å²) < 4.78 is 13.7. The first kappa shape index (κ1) is 7.99. The first-order valence-electron chi connectivity index (χ1n) is 3.83. The molecule has 60 valence electrons. The fraction of sp³-hybridized carbons (Fsp3) is 1.00. The Balaban J connectivity index is 2.66. The van der Waals surface area contributed by atoms with Gasteiger partial charge in [0.2, 0.25) is 0 Å². The van der Waals surface area contributed by atoms with Crippen LogP contribution in [-0.2, 0) is 0 Å². The van der Waals surface area contributed by atoms with Crippen molar-refractivity contribution in [3.63, 3.8) is 0 Å². The lowest BCUT2D eigenvalue weighted by Gasteiger charge is -2.34. The van der Waals surface area contributed by atoms with Gasteiger partial charge in [0.1, 0.15) is 5.67 Å². The van der Waals surface area contributed by atoms with Crippen LogP contribution in [0, 0.1) is 5.92 Å². The van der Waals surface area contributed by atoms with Crippen LogP contribution in [-0.4, -0.2) is 11.2 Å². The number of hydrogen-bond donors (Lipinski definition) is 1. The molecule has 1 aliphatic rings. The second-order valence-electron chi connectivity index (χ2n) is 4.07. The van der Waals surface area contributed by atoms with E-state index in [9.17, 15) is 4.39 Å². The molecule has 0 amide bonds. The van der Waals surface area contributed by atoms with E-state index in [4.69, 9.17) is 5.73 Å². The monoisotopic (exact) mass is 145 g/mol. The molecule has 0 spiro atoms. The lowest BCUT2D eigenvalue weighted by atomic mass is 9.83. The van der Waals surface area contributed by atoms with Crippen molar-refractivity contribution in [1.82, 2.24) is 0 Å². The Labute approximate surface area is 61.8 Å². The summed E-state index contributed by atoms with van der Waals surface area (Å²) in [5.74, 6) is 0.215. The molecule has 0 heterocycles. The molecule has 1 fully saturated rings. The predicted octanol–water partition coefficient (Wildman–Crippen LogP) is 1.86. The normalized spacial score (nSPS) is 26.1. The van der Waals surface area contributed by atoms with Crippen molar-refractivity contribution in [3.05, 3.63) is 0 Å². The molecule has 2 N–H and O–H groups in total. The fourth-order valence-electron chi connectivity index (χ4n) is 1.15. The van der Waals surface area contributed by atoms with Gasteiger partial charge in [0.05, 0.1) is 0 Å². The van der Waals surface area contributed by atoms with Crippen LogP contribution in [0.25, 0.3) is 0 Å². The molecule has 0 saturated heterocycles. The van der Waals surface area contributed by atoms with E-state index < -0.39 is 11.2 Å². The zero-order chi connectivity index (χ0) is 7.99. The fourth-order valence-corrected chi connectivity index (χ4v) is 1.15. The zero-order valence-electron chi connectivity index (χ0n) is 6.95. The molecule has 1 aliphatic carbocycles. The largest absolute Gasteiger partial charge is 0.323 e. The van der Waals surface area contributed by atoms with Crippen molar-refractivity contribution in [3.8, 4) is 0 Å². The highest BCUT2D eigenvalue weighted by Gasteiger charge is 2.50. The van der Waals surface area contributed by atoms with Crippen LogP contribution < -0.4 is 5.73 Å². The van der Waals surface area contributed by atoms with E-state index in [2.05, 4.69) is 0 Å². The van der Waals surface area contributed by atoms with Gasteiger partial charge in [-0.1, -0.05) is 0 Å². The molecule has 0 aliphatic heterocycles. The van der Waals surface area contributed by atoms with Crippen LogP contribution in [0.5, 0.6) is 0 Å². The highest BCUT2D eigenvalue weighted by atomic mass is 19.1. The van der Waals surface area contributed by atoms with Crippen LogP contribution in [0.3, 0.4) is 0 Å². The topological polar surface area (TPSA) is 26.0 Å². The molecular weight excluding hydrogens is 129 g/mol. The van der Waals surface area contributed by atoms with Crippen molar-refractivity contribution >= 4 is 0 Å². The number of halogens is 1. The smallest absolute Gasteiger partial charge is 0.128 e. The van der Waals surface area contributed by atoms with Crippen molar-refractivity contribution in [2.45, 2.75) is 44.8 Å². The van der Waals surface area contributed by atoms with Crippen LogP contribution in [0.15, 0.2) is 0 Å². The molecule has 1 nitrogen and oxygen atoms in total. The van der Waals surface area contributed by atoms with Gasteiger partial charge in [-0.2, -0.15) is 0 Å². The third kappa shape index (κ3) is 1.17. The second kappa shape index (κ2) is 1.94. The van der Waals surface area contributed by atoms with E-state index in [1.807, 2.05) is 0 Å². The maximum atomic E-state index is 13.7. The molecule has 10 heavy (non-hydrogen) atoms. The van der Waals surface area contributed by atoms with Gasteiger partial charge in [-0.25, -0.2) is 4.39 Å². The van der Waals surface area contributed by atoms with E-state index in [1.165, 1.54) is 0 Å². The van der Waals surface area contributed by atoms with E-state index >= 15 is 0 Å². The van der Waals surface area contributed by atoms with Crippen LogP contribution in [0.4, 0.5) is 4.39 Å². The summed E-state index contributed by atoms with van der Waals surface area (Å²) in [6.45, 7) is 5.13. The van der Waals surface area contributed by atoms with E-state index in [0.717, 1.165) is 12.8 Å². The minimum absolute atomic E-state index is 0.215. The summed E-state index contributed by atoms with van der Waals surface area (Å²) in [5.41, 5.74) is 3.82. The zero-order valence-corrected chi connectivity index (χ0v) is 6.95. The molecule has 1 atom stereocenters. The van der Waals surface area contributed by atoms with E-state index in [0.29, 0.717) is 0 Å². The summed E-state index contributed by atoms with van der Waals surface area (Å²) >= 11 is 0. The molecule has 1 saturated carbocycles. The first-order valence-corrected chi connectivity index (χ1v) is 3.83. The first-order chi connectivity index (χ1) is 4.36. The molecule has 1 unspecified atom stereocenters. The SMILES string of the molecule is CC(C)(N)C(C)(F)C1CC1. The van der Waals surface area contributed by atoms with Crippen molar-refractivity contribution in [1.29, 1.82) is 0 Å². The van der Waals surface area contributed by atoms with Gasteiger partial charge < -0.3 is 5.73 Å². The number of hydrogen-bond acceptors (Lipinski definition) is 1. The van der Waals surface area contributed by atoms with Gasteiger partial charge in [-0.05, 0) is 39.5 Å². The van der Waals surface area contributed by atoms with E-state index in [-0.39, 0.29) is 5.92 Å². The maximum absolute atomic E-state index is 13.7. The molecule has 0 aromatic rings. The Hall–Kier alpha value is -0.110. The summed E-state index contributed by atoms with van der Waals surface area (Å²) in [4.78, 5) is 0. The lowest BCUT2D eigenvalue weighted by molar-refractivity contribution is 0.0717. The van der Waals surface area contributed by atoms with Gasteiger partial charge in [0, 0.05) is 5.54 Å². The number of alkyl halides is 1. The Bertz CT molecular complexity index is 131. The summed E-state index contributed by atoms with van der Waals surface area (Å²) in [6, 6.07) is 0. The Morgan fingerprint density at radius 2 is 1.70 bits per heavy atom. The maximum Gasteiger partial charge on any atom is 0.128 e. The molecule has 2 heteroatoms. The van der Waals surface area contributed by atoms with Crippen molar-refractivity contribution < 1.29 is 4.39 Å². The molecule has 0 aromatic heterocycles. The van der Waals surface area contributed by atoms with Gasteiger partial charge in [0.25, 0.3) is 0 Å². The minimum atomic E-state index is -1.17. The van der Waals surface area contributed by atoms with E-state index in [1.54, 1.807) is 20.8 Å². The highest BCUT2D eigenvalue weighted by Crippen LogP contribution is 2.46. The standard InChI is InChI=1S/C8H16FN/c1-7(2,10)8(3,9)6-4-5-6/h6H,4-5,10H2,1-3H3. The van der Waals surface area contributed by atoms with Gasteiger partial charge in [-0.3, -0.25) is 0 Å². The molecular formula is C8H16FN. The number of rotatable bonds is 2. The third-order valence-corrected chi connectivity index (χ3v) is 2.60. The highest BCUT2D eigenvalue weighted by molar-refractivity contribution is 5.04. The van der Waals surface area contributed by atoms with Crippen LogP contribution >= 0.6 is 0 Å². The van der Waals surface area contributed by atoms with Gasteiger partial charge in [0.15, 0.2) is 0 Å². The summed E-state index contributed by atoms with van der Waals surface area (Å²) in [7, 11) is 0.